The van der Waals surface area contributed by atoms with Crippen molar-refractivity contribution < 1.29 is 9.90 Å². The first kappa shape index (κ1) is 12.3. The van der Waals surface area contributed by atoms with Gasteiger partial charge in [0.15, 0.2) is 0 Å². The van der Waals surface area contributed by atoms with Crippen LogP contribution in [0.25, 0.3) is 16.7 Å². The molecule has 0 spiro atoms. The van der Waals surface area contributed by atoms with Gasteiger partial charge in [0.25, 0.3) is 0 Å². The molecule has 5 heteroatoms. The molecule has 0 radical (unpaired) electrons. The van der Waals surface area contributed by atoms with Crippen LogP contribution in [0.5, 0.6) is 0 Å². The lowest BCUT2D eigenvalue weighted by molar-refractivity contribution is 0.0698. The Kier molecular flexibility index (Phi) is 2.75. The van der Waals surface area contributed by atoms with Gasteiger partial charge >= 0.3 is 5.97 Å². The van der Waals surface area contributed by atoms with Gasteiger partial charge in [0.1, 0.15) is 11.0 Å². The van der Waals surface area contributed by atoms with Crippen molar-refractivity contribution in [3.63, 3.8) is 0 Å². The summed E-state index contributed by atoms with van der Waals surface area (Å²) in [6.45, 7) is 3.99. The summed E-state index contributed by atoms with van der Waals surface area (Å²) in [4.78, 5) is 11.4. The highest BCUT2D eigenvalue weighted by molar-refractivity contribution is 6.01. The molecule has 3 rings (SSSR count). The van der Waals surface area contributed by atoms with Gasteiger partial charge in [0.2, 0.25) is 0 Å². The predicted molar refractivity (Wildman–Crippen MR) is 75.3 cm³/mol. The number of carboxylic acid groups (broad SMARTS) is 1. The average Bonchev–Trinajstić information content (AvgIpc) is 2.80. The van der Waals surface area contributed by atoms with E-state index in [1.54, 1.807) is 22.9 Å². The third kappa shape index (κ3) is 1.93. The summed E-state index contributed by atoms with van der Waals surface area (Å²) in [6.07, 6.45) is 0. The van der Waals surface area contributed by atoms with E-state index in [4.69, 9.17) is 0 Å². The van der Waals surface area contributed by atoms with Crippen LogP contribution in [-0.2, 0) is 0 Å². The molecular weight excluding hydrogens is 254 g/mol. The first-order chi connectivity index (χ1) is 9.56. The van der Waals surface area contributed by atoms with Gasteiger partial charge in [0, 0.05) is 0 Å². The molecular formula is C15H13N3O2. The molecule has 5 nitrogen and oxygen atoms in total. The smallest absolute Gasteiger partial charge is 0.337 e. The first-order valence-electron chi connectivity index (χ1n) is 6.22. The zero-order valence-corrected chi connectivity index (χ0v) is 11.2. The van der Waals surface area contributed by atoms with Gasteiger partial charge < -0.3 is 5.11 Å². The maximum absolute atomic E-state index is 11.4. The number of carboxylic acids is 1. The lowest BCUT2D eigenvalue weighted by Crippen LogP contribution is -2.03. The standard InChI is InChI=1S/C15H13N3O2/c1-9-6-10(2)8-11(7-9)18-14-12(15(19)20)4-3-5-13(14)16-17-18/h3-8H,1-2H3,(H,19,20). The van der Waals surface area contributed by atoms with Crippen LogP contribution in [0.2, 0.25) is 0 Å². The van der Waals surface area contributed by atoms with Crippen LogP contribution in [0, 0.1) is 13.8 Å². The van der Waals surface area contributed by atoms with Crippen molar-refractivity contribution in [2.75, 3.05) is 0 Å². The Bertz CT molecular complexity index is 801. The number of hydrogen-bond acceptors (Lipinski definition) is 3. The Labute approximate surface area is 115 Å². The molecule has 0 saturated heterocycles. The van der Waals surface area contributed by atoms with Crippen LogP contribution < -0.4 is 0 Å². The van der Waals surface area contributed by atoms with Crippen molar-refractivity contribution in [3.8, 4) is 5.69 Å². The summed E-state index contributed by atoms with van der Waals surface area (Å²) in [7, 11) is 0. The van der Waals surface area contributed by atoms with E-state index in [0.29, 0.717) is 11.0 Å². The molecule has 0 aliphatic rings. The van der Waals surface area contributed by atoms with Gasteiger partial charge in [-0.3, -0.25) is 0 Å². The highest BCUT2D eigenvalue weighted by atomic mass is 16.4. The van der Waals surface area contributed by atoms with Crippen LogP contribution in [-0.4, -0.2) is 26.1 Å². The molecule has 100 valence electrons. The minimum atomic E-state index is -0.983. The molecule has 0 aliphatic carbocycles. The summed E-state index contributed by atoms with van der Waals surface area (Å²) < 4.78 is 1.58. The van der Waals surface area contributed by atoms with E-state index in [-0.39, 0.29) is 5.56 Å². The van der Waals surface area contributed by atoms with Crippen LogP contribution in [0.3, 0.4) is 0 Å². The molecule has 0 aliphatic heterocycles. The van der Waals surface area contributed by atoms with E-state index >= 15 is 0 Å². The number of carbonyl (C=O) groups is 1. The monoisotopic (exact) mass is 267 g/mol. The normalized spacial score (nSPS) is 10.9. The van der Waals surface area contributed by atoms with Gasteiger partial charge in [0.05, 0.1) is 11.3 Å². The van der Waals surface area contributed by atoms with Crippen molar-refractivity contribution in [3.05, 3.63) is 53.1 Å². The molecule has 2 aromatic carbocycles. The van der Waals surface area contributed by atoms with E-state index < -0.39 is 5.97 Å². The minimum Gasteiger partial charge on any atom is -0.478 e. The zero-order valence-electron chi connectivity index (χ0n) is 11.2. The first-order valence-corrected chi connectivity index (χ1v) is 6.22. The quantitative estimate of drug-likeness (QED) is 0.775. The second-order valence-electron chi connectivity index (χ2n) is 4.83. The summed E-state index contributed by atoms with van der Waals surface area (Å²) in [5.74, 6) is -0.983. The number of benzene rings is 2. The van der Waals surface area contributed by atoms with Crippen molar-refractivity contribution in [1.29, 1.82) is 0 Å². The van der Waals surface area contributed by atoms with Crippen molar-refractivity contribution in [2.45, 2.75) is 13.8 Å². The van der Waals surface area contributed by atoms with E-state index in [0.717, 1.165) is 16.8 Å². The number of para-hydroxylation sites is 1. The van der Waals surface area contributed by atoms with Gasteiger partial charge in [-0.05, 0) is 49.2 Å². The molecule has 20 heavy (non-hydrogen) atoms. The zero-order chi connectivity index (χ0) is 14.3. The summed E-state index contributed by atoms with van der Waals surface area (Å²) in [5, 5.41) is 17.5. The number of fused-ring (bicyclic) bond motifs is 1. The molecule has 0 fully saturated rings. The van der Waals surface area contributed by atoms with E-state index in [1.807, 2.05) is 26.0 Å². The van der Waals surface area contributed by atoms with Crippen LogP contribution in [0.15, 0.2) is 36.4 Å². The van der Waals surface area contributed by atoms with Crippen LogP contribution in [0.1, 0.15) is 21.5 Å². The summed E-state index contributed by atoms with van der Waals surface area (Å²) in [6, 6.07) is 11.0. The second kappa shape index (κ2) is 4.45. The summed E-state index contributed by atoms with van der Waals surface area (Å²) >= 11 is 0. The topological polar surface area (TPSA) is 68.0 Å². The van der Waals surface area contributed by atoms with Gasteiger partial charge in [-0.15, -0.1) is 5.10 Å². The molecule has 1 aromatic heterocycles. The molecule has 0 bridgehead atoms. The molecule has 1 N–H and O–H groups in total. The average molecular weight is 267 g/mol. The van der Waals surface area contributed by atoms with Crippen molar-refractivity contribution in [1.82, 2.24) is 15.0 Å². The minimum absolute atomic E-state index is 0.201. The fourth-order valence-electron chi connectivity index (χ4n) is 2.40. The highest BCUT2D eigenvalue weighted by Crippen LogP contribution is 2.22. The maximum atomic E-state index is 11.4. The second-order valence-corrected chi connectivity index (χ2v) is 4.83. The van der Waals surface area contributed by atoms with E-state index in [1.165, 1.54) is 0 Å². The molecule has 0 amide bonds. The Balaban J connectivity index is 2.34. The Morgan fingerprint density at radius 1 is 1.15 bits per heavy atom. The lowest BCUT2D eigenvalue weighted by Gasteiger charge is -2.07. The molecule has 0 unspecified atom stereocenters. The highest BCUT2D eigenvalue weighted by Gasteiger charge is 2.15. The largest absolute Gasteiger partial charge is 0.478 e. The number of nitrogens with zero attached hydrogens (tertiary/aromatic N) is 3. The van der Waals surface area contributed by atoms with E-state index in [9.17, 15) is 9.90 Å². The fourth-order valence-corrected chi connectivity index (χ4v) is 2.40. The number of aromatic carboxylic acids is 1. The maximum Gasteiger partial charge on any atom is 0.337 e. The molecule has 0 atom stereocenters. The Morgan fingerprint density at radius 3 is 2.50 bits per heavy atom. The van der Waals surface area contributed by atoms with Crippen molar-refractivity contribution >= 4 is 17.0 Å². The predicted octanol–water partition coefficient (Wildman–Crippen LogP) is 2.74. The number of aryl methyl sites for hydroxylation is 2. The molecule has 0 saturated carbocycles. The summed E-state index contributed by atoms with van der Waals surface area (Å²) in [5.41, 5.74) is 4.30. The van der Waals surface area contributed by atoms with Crippen LogP contribution in [0.4, 0.5) is 0 Å². The Morgan fingerprint density at radius 2 is 1.85 bits per heavy atom. The lowest BCUT2D eigenvalue weighted by atomic mass is 10.1. The molecule has 3 aromatic rings. The Hall–Kier alpha value is -2.69. The van der Waals surface area contributed by atoms with E-state index in [2.05, 4.69) is 16.4 Å². The van der Waals surface area contributed by atoms with Gasteiger partial charge in [-0.1, -0.05) is 17.3 Å². The SMILES string of the molecule is Cc1cc(C)cc(-n2nnc3cccc(C(=O)O)c32)c1. The van der Waals surface area contributed by atoms with Crippen LogP contribution >= 0.6 is 0 Å². The third-order valence-corrected chi connectivity index (χ3v) is 3.15. The number of rotatable bonds is 2. The third-order valence-electron chi connectivity index (χ3n) is 3.15. The molecule has 1 heterocycles. The number of aromatic nitrogens is 3. The van der Waals surface area contributed by atoms with Gasteiger partial charge in [-0.2, -0.15) is 0 Å². The van der Waals surface area contributed by atoms with Crippen molar-refractivity contribution in [2.24, 2.45) is 0 Å². The van der Waals surface area contributed by atoms with Gasteiger partial charge in [-0.25, -0.2) is 9.48 Å². The number of hydrogen-bond donors (Lipinski definition) is 1. The fraction of sp³-hybridized carbons (Fsp3) is 0.133.